The fourth-order valence-corrected chi connectivity index (χ4v) is 4.31. The third kappa shape index (κ3) is 5.58. The molecule has 2 rings (SSSR count). The number of halogens is 3. The third-order valence-corrected chi connectivity index (χ3v) is 6.31. The van der Waals surface area contributed by atoms with Gasteiger partial charge in [-0.15, -0.1) is 0 Å². The largest absolute Gasteiger partial charge is 0.396 e. The normalized spacial score (nSPS) is 12.8. The minimum Gasteiger partial charge on any atom is -0.396 e. The summed E-state index contributed by atoms with van der Waals surface area (Å²) in [6.07, 6.45) is 0. The number of nitrogen functional groups attached to an aromatic ring is 1. The maximum Gasteiger partial charge on any atom is 0.242 e. The van der Waals surface area contributed by atoms with Crippen molar-refractivity contribution in [3.63, 3.8) is 0 Å². The van der Waals surface area contributed by atoms with Gasteiger partial charge in [-0.2, -0.15) is 4.72 Å². The maximum atomic E-state index is 12.7. The number of hydrogen-bond acceptors (Lipinski definition) is 4. The lowest BCUT2D eigenvalue weighted by Crippen LogP contribution is -2.47. The minimum absolute atomic E-state index is 0.0581. The average molecular weight is 495 g/mol. The zero-order chi connectivity index (χ0) is 20.4. The van der Waals surface area contributed by atoms with E-state index >= 15 is 0 Å². The van der Waals surface area contributed by atoms with Gasteiger partial charge in [-0.1, -0.05) is 53.0 Å². The molecule has 1 atom stereocenters. The van der Waals surface area contributed by atoms with Crippen LogP contribution >= 0.6 is 39.1 Å². The van der Waals surface area contributed by atoms with Crippen molar-refractivity contribution in [3.05, 3.63) is 50.9 Å². The summed E-state index contributed by atoms with van der Waals surface area (Å²) in [5.74, 6) is -0.849. The Morgan fingerprint density at radius 2 is 1.63 bits per heavy atom. The number of nitrogens with two attached hydrogens (primary N) is 1. The van der Waals surface area contributed by atoms with Crippen LogP contribution in [0.5, 0.6) is 0 Å². The van der Waals surface area contributed by atoms with Crippen LogP contribution in [0, 0.1) is 5.92 Å². The molecule has 0 saturated heterocycles. The molecule has 0 aliphatic heterocycles. The van der Waals surface area contributed by atoms with Crippen LogP contribution in [0.3, 0.4) is 0 Å². The van der Waals surface area contributed by atoms with E-state index in [1.165, 1.54) is 24.3 Å². The van der Waals surface area contributed by atoms with Crippen LogP contribution in [-0.4, -0.2) is 20.4 Å². The molecular weight excluding hydrogens is 477 g/mol. The molecule has 0 saturated carbocycles. The van der Waals surface area contributed by atoms with E-state index in [4.69, 9.17) is 28.9 Å². The van der Waals surface area contributed by atoms with E-state index in [0.717, 1.165) is 4.47 Å². The number of nitrogens with one attached hydrogen (secondary N) is 2. The molecule has 4 N–H and O–H groups in total. The van der Waals surface area contributed by atoms with Gasteiger partial charge in [0, 0.05) is 10.2 Å². The number of hydrogen-bond donors (Lipinski definition) is 3. The molecule has 6 nitrogen and oxygen atoms in total. The molecule has 1 amide bonds. The van der Waals surface area contributed by atoms with Gasteiger partial charge in [0.25, 0.3) is 0 Å². The molecule has 0 unspecified atom stereocenters. The highest BCUT2D eigenvalue weighted by molar-refractivity contribution is 9.10. The molecule has 2 aromatic rings. The van der Waals surface area contributed by atoms with E-state index in [0.29, 0.717) is 5.69 Å². The lowest BCUT2D eigenvalue weighted by atomic mass is 10.0. The van der Waals surface area contributed by atoms with Crippen molar-refractivity contribution in [2.45, 2.75) is 24.8 Å². The molecule has 2 aromatic carbocycles. The summed E-state index contributed by atoms with van der Waals surface area (Å²) in [4.78, 5) is 12.7. The average Bonchev–Trinajstić information content (AvgIpc) is 2.57. The Morgan fingerprint density at radius 1 is 1.11 bits per heavy atom. The Balaban J connectivity index is 2.24. The van der Waals surface area contributed by atoms with Gasteiger partial charge in [-0.25, -0.2) is 8.42 Å². The number of rotatable bonds is 6. The molecule has 0 bridgehead atoms. The van der Waals surface area contributed by atoms with Crippen LogP contribution < -0.4 is 15.8 Å². The van der Waals surface area contributed by atoms with Crippen molar-refractivity contribution in [1.82, 2.24) is 4.72 Å². The van der Waals surface area contributed by atoms with Crippen molar-refractivity contribution in [2.24, 2.45) is 5.92 Å². The van der Waals surface area contributed by atoms with Gasteiger partial charge in [0.05, 0.1) is 20.6 Å². The monoisotopic (exact) mass is 493 g/mol. The quantitative estimate of drug-likeness (QED) is 0.521. The molecule has 0 heterocycles. The molecule has 0 aliphatic carbocycles. The zero-order valence-corrected chi connectivity index (χ0v) is 18.4. The van der Waals surface area contributed by atoms with Crippen LogP contribution in [0.25, 0.3) is 0 Å². The van der Waals surface area contributed by atoms with Crippen molar-refractivity contribution in [1.29, 1.82) is 0 Å². The highest BCUT2D eigenvalue weighted by atomic mass is 79.9. The van der Waals surface area contributed by atoms with Gasteiger partial charge in [0.1, 0.15) is 6.04 Å². The lowest BCUT2D eigenvalue weighted by Gasteiger charge is -2.22. The molecule has 0 spiro atoms. The summed E-state index contributed by atoms with van der Waals surface area (Å²) in [6.45, 7) is 3.47. The van der Waals surface area contributed by atoms with E-state index in [-0.39, 0.29) is 26.5 Å². The SMILES string of the molecule is CC(C)[C@H](NS(=O)(=O)c1ccc(Br)cc1)C(=O)Nc1cc(Cl)c(N)c(Cl)c1. The molecule has 10 heteroatoms. The molecule has 0 aliphatic rings. The van der Waals surface area contributed by atoms with Gasteiger partial charge < -0.3 is 11.1 Å². The first-order valence-electron chi connectivity index (χ1n) is 7.84. The lowest BCUT2D eigenvalue weighted by molar-refractivity contribution is -0.118. The summed E-state index contributed by atoms with van der Waals surface area (Å²) in [7, 11) is -3.89. The summed E-state index contributed by atoms with van der Waals surface area (Å²) < 4.78 is 28.4. The van der Waals surface area contributed by atoms with Gasteiger partial charge in [0.2, 0.25) is 15.9 Å². The van der Waals surface area contributed by atoms with Crippen LogP contribution in [-0.2, 0) is 14.8 Å². The van der Waals surface area contributed by atoms with Crippen LogP contribution in [0.1, 0.15) is 13.8 Å². The predicted molar refractivity (Wildman–Crippen MR) is 113 cm³/mol. The summed E-state index contributed by atoms with van der Waals surface area (Å²) >= 11 is 15.2. The Morgan fingerprint density at radius 3 is 2.11 bits per heavy atom. The van der Waals surface area contributed by atoms with Crippen molar-refractivity contribution < 1.29 is 13.2 Å². The summed E-state index contributed by atoms with van der Waals surface area (Å²) in [5.41, 5.74) is 6.20. The zero-order valence-electron chi connectivity index (χ0n) is 14.5. The van der Waals surface area contributed by atoms with Crippen LogP contribution in [0.15, 0.2) is 45.8 Å². The highest BCUT2D eigenvalue weighted by Gasteiger charge is 2.28. The Labute approximate surface area is 176 Å². The molecule has 0 fully saturated rings. The number of sulfonamides is 1. The predicted octanol–water partition coefficient (Wildman–Crippen LogP) is 4.28. The van der Waals surface area contributed by atoms with E-state index in [9.17, 15) is 13.2 Å². The molecule has 0 aromatic heterocycles. The Bertz CT molecular complexity index is 927. The van der Waals surface area contributed by atoms with E-state index in [1.54, 1.807) is 26.0 Å². The van der Waals surface area contributed by atoms with E-state index in [2.05, 4.69) is 26.0 Å². The minimum atomic E-state index is -3.89. The van der Waals surface area contributed by atoms with Crippen LogP contribution in [0.4, 0.5) is 11.4 Å². The van der Waals surface area contributed by atoms with Crippen molar-refractivity contribution in [2.75, 3.05) is 11.1 Å². The second-order valence-electron chi connectivity index (χ2n) is 6.14. The maximum absolute atomic E-state index is 12.7. The van der Waals surface area contributed by atoms with Crippen molar-refractivity contribution in [3.8, 4) is 0 Å². The van der Waals surface area contributed by atoms with Gasteiger partial charge in [-0.05, 0) is 42.3 Å². The Hall–Kier alpha value is -1.32. The second-order valence-corrected chi connectivity index (χ2v) is 9.58. The van der Waals surface area contributed by atoms with Crippen LogP contribution in [0.2, 0.25) is 10.0 Å². The van der Waals surface area contributed by atoms with Gasteiger partial charge in [-0.3, -0.25) is 4.79 Å². The van der Waals surface area contributed by atoms with Gasteiger partial charge >= 0.3 is 0 Å². The smallest absolute Gasteiger partial charge is 0.242 e. The molecule has 27 heavy (non-hydrogen) atoms. The van der Waals surface area contributed by atoms with Crippen molar-refractivity contribution >= 4 is 66.4 Å². The topological polar surface area (TPSA) is 101 Å². The number of carbonyl (C=O) groups excluding carboxylic acids is 1. The summed E-state index contributed by atoms with van der Waals surface area (Å²) in [6, 6.07) is 7.99. The highest BCUT2D eigenvalue weighted by Crippen LogP contribution is 2.31. The first-order chi connectivity index (χ1) is 12.5. The first kappa shape index (κ1) is 22.0. The van der Waals surface area contributed by atoms with E-state index in [1.807, 2.05) is 0 Å². The Kier molecular flexibility index (Phi) is 7.15. The number of carbonyl (C=O) groups is 1. The number of benzene rings is 2. The third-order valence-electron chi connectivity index (χ3n) is 3.70. The standard InChI is InChI=1S/C17H18BrCl2N3O3S/c1-9(2)16(23-27(25,26)12-5-3-10(18)4-6-12)17(24)22-11-7-13(19)15(21)14(20)8-11/h3-9,16,23H,21H2,1-2H3,(H,22,24)/t16-/m0/s1. The summed E-state index contributed by atoms with van der Waals surface area (Å²) in [5, 5.41) is 3.00. The number of amides is 1. The fraction of sp³-hybridized carbons (Fsp3) is 0.235. The van der Waals surface area contributed by atoms with E-state index < -0.39 is 22.0 Å². The number of anilines is 2. The molecule has 0 radical (unpaired) electrons. The first-order valence-corrected chi connectivity index (χ1v) is 10.9. The van der Waals surface area contributed by atoms with Gasteiger partial charge in [0.15, 0.2) is 0 Å². The molecule has 146 valence electrons. The molecular formula is C17H18BrCl2N3O3S. The fourth-order valence-electron chi connectivity index (χ4n) is 2.22. The second kappa shape index (κ2) is 8.79.